The van der Waals surface area contributed by atoms with E-state index in [-0.39, 0.29) is 0 Å². The van der Waals surface area contributed by atoms with Crippen molar-refractivity contribution in [1.29, 1.82) is 0 Å². The van der Waals surface area contributed by atoms with Crippen LogP contribution < -0.4 is 4.90 Å². The van der Waals surface area contributed by atoms with Crippen LogP contribution in [-0.4, -0.2) is 0 Å². The zero-order valence-electron chi connectivity index (χ0n) is 37.8. The maximum absolute atomic E-state index is 6.46. The van der Waals surface area contributed by atoms with E-state index in [0.29, 0.717) is 0 Å². The third-order valence-electron chi connectivity index (χ3n) is 14.2. The minimum atomic E-state index is -0.473. The van der Waals surface area contributed by atoms with Crippen molar-refractivity contribution in [1.82, 2.24) is 0 Å². The van der Waals surface area contributed by atoms with Crippen LogP contribution in [0.1, 0.15) is 22.3 Å². The molecule has 1 aliphatic carbocycles. The highest BCUT2D eigenvalue weighted by Crippen LogP contribution is 2.58. The highest BCUT2D eigenvalue weighted by Gasteiger charge is 2.46. The highest BCUT2D eigenvalue weighted by atomic mass is 16.3. The van der Waals surface area contributed by atoms with Crippen molar-refractivity contribution in [2.75, 3.05) is 4.90 Å². The molecule has 0 unspecified atom stereocenters. The molecule has 0 saturated heterocycles. The number of hydrogen-bond acceptors (Lipinski definition) is 2. The van der Waals surface area contributed by atoms with Gasteiger partial charge in [-0.15, -0.1) is 0 Å². The van der Waals surface area contributed by atoms with Gasteiger partial charge in [-0.25, -0.2) is 0 Å². The van der Waals surface area contributed by atoms with Gasteiger partial charge in [-0.05, 0) is 109 Å². The fraction of sp³-hybridized carbons (Fsp3) is 0.0149. The summed E-state index contributed by atoms with van der Waals surface area (Å²) in [6.07, 6.45) is 0. The molecule has 0 atom stereocenters. The molecule has 0 radical (unpaired) electrons. The lowest BCUT2D eigenvalue weighted by molar-refractivity contribution is 0.669. The van der Waals surface area contributed by atoms with Gasteiger partial charge in [0.2, 0.25) is 0 Å². The molecule has 0 N–H and O–H groups in total. The second-order valence-electron chi connectivity index (χ2n) is 17.9. The first-order chi connectivity index (χ1) is 34.2. The lowest BCUT2D eigenvalue weighted by atomic mass is 9.67. The van der Waals surface area contributed by atoms with Crippen molar-refractivity contribution in [3.05, 3.63) is 295 Å². The second-order valence-corrected chi connectivity index (χ2v) is 17.9. The van der Waals surface area contributed by atoms with Crippen LogP contribution in [0.15, 0.2) is 277 Å². The van der Waals surface area contributed by atoms with Gasteiger partial charge in [0.25, 0.3) is 0 Å². The molecule has 0 saturated carbocycles. The first-order valence-corrected chi connectivity index (χ1v) is 23.7. The van der Waals surface area contributed by atoms with Crippen molar-refractivity contribution in [3.8, 4) is 55.6 Å². The van der Waals surface area contributed by atoms with Crippen molar-refractivity contribution < 1.29 is 4.42 Å². The van der Waals surface area contributed by atoms with Crippen LogP contribution in [0.5, 0.6) is 0 Å². The molecule has 0 fully saturated rings. The fourth-order valence-electron chi connectivity index (χ4n) is 11.1. The van der Waals surface area contributed by atoms with E-state index in [1.807, 2.05) is 12.1 Å². The minimum absolute atomic E-state index is 0.473. The lowest BCUT2D eigenvalue weighted by Crippen LogP contribution is -2.28. The molecule has 13 rings (SSSR count). The first-order valence-electron chi connectivity index (χ1n) is 23.7. The Kier molecular flexibility index (Phi) is 9.77. The predicted octanol–water partition coefficient (Wildman–Crippen LogP) is 18.1. The molecule has 0 bridgehead atoms. The Labute approximate surface area is 402 Å². The summed E-state index contributed by atoms with van der Waals surface area (Å²) in [6, 6.07) is 99.2. The number of furan rings is 1. The van der Waals surface area contributed by atoms with Crippen LogP contribution in [0, 0.1) is 0 Å². The maximum atomic E-state index is 6.46. The van der Waals surface area contributed by atoms with Gasteiger partial charge in [0.1, 0.15) is 11.2 Å². The third-order valence-corrected chi connectivity index (χ3v) is 14.2. The summed E-state index contributed by atoms with van der Waals surface area (Å²) in [5.41, 5.74) is 21.4. The quantitative estimate of drug-likeness (QED) is 0.144. The van der Waals surface area contributed by atoms with E-state index in [2.05, 4.69) is 266 Å². The maximum Gasteiger partial charge on any atom is 0.136 e. The summed E-state index contributed by atoms with van der Waals surface area (Å²) in [4.78, 5) is 2.43. The topological polar surface area (TPSA) is 16.4 Å². The predicted molar refractivity (Wildman–Crippen MR) is 287 cm³/mol. The molecule has 1 aliphatic rings. The van der Waals surface area contributed by atoms with Gasteiger partial charge in [-0.3, -0.25) is 0 Å². The lowest BCUT2D eigenvalue weighted by Gasteiger charge is -2.34. The van der Waals surface area contributed by atoms with E-state index in [1.165, 1.54) is 50.1 Å². The monoisotopic (exact) mass is 879 g/mol. The van der Waals surface area contributed by atoms with Gasteiger partial charge in [-0.1, -0.05) is 231 Å². The first kappa shape index (κ1) is 40.3. The zero-order chi connectivity index (χ0) is 45.7. The van der Waals surface area contributed by atoms with Gasteiger partial charge >= 0.3 is 0 Å². The molecule has 11 aromatic carbocycles. The highest BCUT2D eigenvalue weighted by molar-refractivity contribution is 6.06. The summed E-state index contributed by atoms with van der Waals surface area (Å²) in [6.45, 7) is 0. The van der Waals surface area contributed by atoms with Crippen LogP contribution in [-0.2, 0) is 5.41 Å². The van der Waals surface area contributed by atoms with Crippen LogP contribution in [0.3, 0.4) is 0 Å². The molecule has 0 aliphatic heterocycles. The molecule has 1 aromatic heterocycles. The number of benzene rings is 11. The fourth-order valence-corrected chi connectivity index (χ4v) is 11.1. The number of rotatable bonds is 9. The van der Waals surface area contributed by atoms with E-state index in [1.54, 1.807) is 0 Å². The molecule has 0 spiro atoms. The standard InChI is InChI=1S/C67H45NO/c1-4-19-46(20-5-1)47-35-37-48(38-36-47)54-25-11-15-32-62(54)68(63-33-16-12-26-55(63)50-41-44-58-57-27-13-17-34-64(57)69-65(58)45-50)53-42-39-49(40-43-53)56-29-18-31-61-66(56)59-28-10-14-30-60(59)67(61,51-21-6-2-7-22-51)52-23-8-3-9-24-52/h1-45H. The number of nitrogens with zero attached hydrogens (tertiary/aromatic N) is 1. The van der Waals surface area contributed by atoms with Crippen molar-refractivity contribution in [2.45, 2.75) is 5.41 Å². The Bertz CT molecular complexity index is 3780. The number of fused-ring (bicyclic) bond motifs is 6. The second kappa shape index (κ2) is 16.7. The number of anilines is 3. The molecule has 0 amide bonds. The zero-order valence-corrected chi connectivity index (χ0v) is 37.8. The van der Waals surface area contributed by atoms with Gasteiger partial charge in [0.15, 0.2) is 0 Å². The Morgan fingerprint density at radius 2 is 0.754 bits per heavy atom. The van der Waals surface area contributed by atoms with Crippen LogP contribution in [0.25, 0.3) is 77.6 Å². The van der Waals surface area contributed by atoms with Crippen molar-refractivity contribution >= 4 is 39.0 Å². The largest absolute Gasteiger partial charge is 0.456 e. The summed E-state index contributed by atoms with van der Waals surface area (Å²) in [7, 11) is 0. The van der Waals surface area contributed by atoms with E-state index < -0.39 is 5.41 Å². The van der Waals surface area contributed by atoms with E-state index in [0.717, 1.165) is 66.8 Å². The minimum Gasteiger partial charge on any atom is -0.456 e. The van der Waals surface area contributed by atoms with Crippen LogP contribution in [0.4, 0.5) is 17.1 Å². The van der Waals surface area contributed by atoms with Crippen LogP contribution in [0.2, 0.25) is 0 Å². The van der Waals surface area contributed by atoms with Crippen LogP contribution >= 0.6 is 0 Å². The van der Waals surface area contributed by atoms with E-state index in [9.17, 15) is 0 Å². The SMILES string of the molecule is c1ccc(-c2ccc(-c3ccccc3N(c3ccc(-c4cccc5c4-c4ccccc4C5(c4ccccc4)c4ccccc4)cc3)c3ccccc3-c3ccc4c(c3)oc3ccccc34)cc2)cc1. The van der Waals surface area contributed by atoms with Gasteiger partial charge < -0.3 is 9.32 Å². The molecule has 12 aromatic rings. The molecule has 1 heterocycles. The third kappa shape index (κ3) is 6.64. The van der Waals surface area contributed by atoms with Crippen molar-refractivity contribution in [3.63, 3.8) is 0 Å². The van der Waals surface area contributed by atoms with E-state index in [4.69, 9.17) is 4.42 Å². The Hall–Kier alpha value is -8.98. The molecule has 2 heteroatoms. The summed E-state index contributed by atoms with van der Waals surface area (Å²) < 4.78 is 6.46. The van der Waals surface area contributed by atoms with E-state index >= 15 is 0 Å². The number of para-hydroxylation sites is 3. The smallest absolute Gasteiger partial charge is 0.136 e. The summed E-state index contributed by atoms with van der Waals surface area (Å²) in [5, 5.41) is 2.24. The Morgan fingerprint density at radius 1 is 0.290 bits per heavy atom. The summed E-state index contributed by atoms with van der Waals surface area (Å²) >= 11 is 0. The molecule has 324 valence electrons. The number of hydrogen-bond donors (Lipinski definition) is 0. The van der Waals surface area contributed by atoms with Crippen molar-refractivity contribution in [2.24, 2.45) is 0 Å². The molecule has 2 nitrogen and oxygen atoms in total. The average Bonchev–Trinajstić information content (AvgIpc) is 3.96. The average molecular weight is 880 g/mol. The summed E-state index contributed by atoms with van der Waals surface area (Å²) in [5.74, 6) is 0. The normalized spacial score (nSPS) is 12.5. The molecular weight excluding hydrogens is 835 g/mol. The van der Waals surface area contributed by atoms with Gasteiger partial charge in [0, 0.05) is 27.6 Å². The Balaban J connectivity index is 0.981. The molecule has 69 heavy (non-hydrogen) atoms. The van der Waals surface area contributed by atoms with Gasteiger partial charge in [-0.2, -0.15) is 0 Å². The molecular formula is C67H45NO. The van der Waals surface area contributed by atoms with Gasteiger partial charge in [0.05, 0.1) is 16.8 Å². The Morgan fingerprint density at radius 3 is 1.45 bits per heavy atom.